The van der Waals surface area contributed by atoms with Crippen LogP contribution in [0.1, 0.15) is 0 Å². The molecule has 0 spiro atoms. The molecule has 0 radical (unpaired) electrons. The molecule has 3 heterocycles. The lowest BCUT2D eigenvalue weighted by molar-refractivity contribution is 0.953. The molecule has 0 atom stereocenters. The topological polar surface area (TPSA) is 48.5 Å². The van der Waals surface area contributed by atoms with Gasteiger partial charge in [-0.15, -0.1) is 0 Å². The highest BCUT2D eigenvalue weighted by Crippen LogP contribution is 2.46. The number of rotatable bonds is 9. The van der Waals surface area contributed by atoms with E-state index >= 15 is 0 Å². The Morgan fingerprint density at radius 1 is 0.230 bits per heavy atom. The summed E-state index contributed by atoms with van der Waals surface area (Å²) in [7, 11) is 0. The molecular formula is C69H45N5. The first-order valence-electron chi connectivity index (χ1n) is 25.1. The number of benzene rings is 11. The molecule has 0 saturated heterocycles. The molecule has 3 aromatic heterocycles. The van der Waals surface area contributed by atoms with Crippen molar-refractivity contribution < 1.29 is 0 Å². The molecule has 0 unspecified atom stereocenters. The van der Waals surface area contributed by atoms with Gasteiger partial charge in [0, 0.05) is 43.8 Å². The minimum absolute atomic E-state index is 0.538. The summed E-state index contributed by atoms with van der Waals surface area (Å²) < 4.78 is 4.81. The monoisotopic (exact) mass is 943 g/mol. The van der Waals surface area contributed by atoms with E-state index < -0.39 is 0 Å². The van der Waals surface area contributed by atoms with Crippen LogP contribution in [0.2, 0.25) is 0 Å². The van der Waals surface area contributed by atoms with E-state index in [-0.39, 0.29) is 0 Å². The number of aromatic nitrogens is 5. The zero-order valence-electron chi connectivity index (χ0n) is 40.2. The van der Waals surface area contributed by atoms with Crippen molar-refractivity contribution in [3.8, 4) is 90.0 Å². The van der Waals surface area contributed by atoms with Gasteiger partial charge in [-0.3, -0.25) is 4.57 Å². The highest BCUT2D eigenvalue weighted by molar-refractivity contribution is 6.24. The molecule has 0 saturated carbocycles. The highest BCUT2D eigenvalue weighted by Gasteiger charge is 2.26. The molecule has 11 aromatic carbocycles. The molecule has 5 heteroatoms. The first kappa shape index (κ1) is 42.9. The van der Waals surface area contributed by atoms with Crippen molar-refractivity contribution >= 4 is 43.6 Å². The highest BCUT2D eigenvalue weighted by atomic mass is 15.2. The van der Waals surface area contributed by atoms with Crippen LogP contribution in [0.25, 0.3) is 134 Å². The SMILES string of the molecule is c1ccc(-c2ccc(-c3nc(-c4ccccc4)nc(-n4c5ccccc5c5ccc6c7ccccc7n(-c7c(-c8ccccc8)cccc7-c7cc(-c8ccccc8)cc(-c8ccccc8)c7)c6c54)n3)cc2)cc1. The predicted octanol–water partition coefficient (Wildman–Crippen LogP) is 17.7. The summed E-state index contributed by atoms with van der Waals surface area (Å²) in [6.07, 6.45) is 0. The molecule has 0 aliphatic rings. The van der Waals surface area contributed by atoms with Gasteiger partial charge in [0.1, 0.15) is 0 Å². The number of fused-ring (bicyclic) bond motifs is 7. The van der Waals surface area contributed by atoms with Gasteiger partial charge in [0.05, 0.1) is 27.8 Å². The van der Waals surface area contributed by atoms with Gasteiger partial charge < -0.3 is 4.57 Å². The average Bonchev–Trinajstić information content (AvgIpc) is 4.08. The van der Waals surface area contributed by atoms with Crippen molar-refractivity contribution in [1.82, 2.24) is 24.1 Å². The van der Waals surface area contributed by atoms with Gasteiger partial charge >= 0.3 is 0 Å². The summed E-state index contributed by atoms with van der Waals surface area (Å²) in [4.78, 5) is 16.1. The summed E-state index contributed by atoms with van der Waals surface area (Å²) in [5.41, 5.74) is 18.4. The van der Waals surface area contributed by atoms with Crippen molar-refractivity contribution in [3.05, 3.63) is 273 Å². The minimum atomic E-state index is 0.538. The van der Waals surface area contributed by atoms with Crippen molar-refractivity contribution in [2.24, 2.45) is 0 Å². The Labute approximate surface area is 428 Å². The maximum atomic E-state index is 5.48. The summed E-state index contributed by atoms with van der Waals surface area (Å²) in [5, 5.41) is 4.49. The molecule has 0 aliphatic heterocycles. The first-order chi connectivity index (χ1) is 36.7. The standard InChI is InChI=1S/C69H45N5/c1-6-21-46(22-7-1)49-37-39-52(40-38-49)68-70-67(51-29-14-5-15-30-51)71-69(72-68)74-63-36-19-17-32-59(63)61-42-41-60-58-31-16-18-35-62(58)73(65(60)66(61)74)64-56(50-27-12-4-13-28-50)33-20-34-57(64)55-44-53(47-23-8-2-9-24-47)43-54(45-55)48-25-10-3-11-26-48/h1-45H. The van der Waals surface area contributed by atoms with Crippen LogP contribution in [-0.2, 0) is 0 Å². The van der Waals surface area contributed by atoms with Gasteiger partial charge in [0.2, 0.25) is 5.95 Å². The first-order valence-corrected chi connectivity index (χ1v) is 25.1. The van der Waals surface area contributed by atoms with E-state index in [0.29, 0.717) is 17.6 Å². The zero-order chi connectivity index (χ0) is 49.0. The normalized spacial score (nSPS) is 11.5. The summed E-state index contributed by atoms with van der Waals surface area (Å²) >= 11 is 0. The number of hydrogen-bond acceptors (Lipinski definition) is 3. The van der Waals surface area contributed by atoms with Gasteiger partial charge in [-0.25, -0.2) is 4.98 Å². The summed E-state index contributed by atoms with van der Waals surface area (Å²) in [5.74, 6) is 1.73. The van der Waals surface area contributed by atoms with Crippen LogP contribution in [0.3, 0.4) is 0 Å². The number of hydrogen-bond donors (Lipinski definition) is 0. The van der Waals surface area contributed by atoms with Crippen molar-refractivity contribution in [1.29, 1.82) is 0 Å². The molecule has 14 aromatic rings. The second-order valence-electron chi connectivity index (χ2n) is 18.8. The Morgan fingerprint density at radius 3 is 1.12 bits per heavy atom. The van der Waals surface area contributed by atoms with E-state index in [1.54, 1.807) is 0 Å². The lowest BCUT2D eigenvalue weighted by Crippen LogP contribution is -2.07. The Balaban J connectivity index is 1.10. The Kier molecular flexibility index (Phi) is 10.4. The van der Waals surface area contributed by atoms with E-state index in [4.69, 9.17) is 15.0 Å². The zero-order valence-corrected chi connectivity index (χ0v) is 40.2. The quantitative estimate of drug-likeness (QED) is 0.145. The third-order valence-electron chi connectivity index (χ3n) is 14.4. The van der Waals surface area contributed by atoms with Gasteiger partial charge in [0.25, 0.3) is 0 Å². The van der Waals surface area contributed by atoms with Gasteiger partial charge in [-0.05, 0) is 74.8 Å². The second kappa shape index (κ2) is 18.0. The minimum Gasteiger partial charge on any atom is -0.306 e. The second-order valence-corrected chi connectivity index (χ2v) is 18.8. The molecule has 346 valence electrons. The molecular weight excluding hydrogens is 899 g/mol. The molecule has 0 aliphatic carbocycles. The molecule has 0 bridgehead atoms. The van der Waals surface area contributed by atoms with E-state index in [1.807, 2.05) is 24.3 Å². The summed E-state index contributed by atoms with van der Waals surface area (Å²) in [6, 6.07) is 97.4. The Bertz CT molecular complexity index is 4320. The summed E-state index contributed by atoms with van der Waals surface area (Å²) in [6.45, 7) is 0. The van der Waals surface area contributed by atoms with Gasteiger partial charge in [-0.2, -0.15) is 9.97 Å². The maximum absolute atomic E-state index is 5.48. The van der Waals surface area contributed by atoms with Crippen LogP contribution in [-0.4, -0.2) is 24.1 Å². The van der Waals surface area contributed by atoms with Crippen LogP contribution in [0.15, 0.2) is 273 Å². The predicted molar refractivity (Wildman–Crippen MR) is 307 cm³/mol. The van der Waals surface area contributed by atoms with Crippen LogP contribution < -0.4 is 0 Å². The van der Waals surface area contributed by atoms with Crippen LogP contribution >= 0.6 is 0 Å². The molecule has 0 fully saturated rings. The van der Waals surface area contributed by atoms with Crippen LogP contribution in [0.5, 0.6) is 0 Å². The average molecular weight is 944 g/mol. The third-order valence-corrected chi connectivity index (χ3v) is 14.4. The van der Waals surface area contributed by atoms with E-state index in [9.17, 15) is 0 Å². The van der Waals surface area contributed by atoms with Crippen molar-refractivity contribution in [2.75, 3.05) is 0 Å². The fraction of sp³-hybridized carbons (Fsp3) is 0. The smallest absolute Gasteiger partial charge is 0.238 e. The fourth-order valence-corrected chi connectivity index (χ4v) is 10.9. The fourth-order valence-electron chi connectivity index (χ4n) is 10.9. The lowest BCUT2D eigenvalue weighted by atomic mass is 9.90. The van der Waals surface area contributed by atoms with Crippen LogP contribution in [0.4, 0.5) is 0 Å². The van der Waals surface area contributed by atoms with E-state index in [2.05, 4.69) is 258 Å². The molecule has 14 rings (SSSR count). The Morgan fingerprint density at radius 2 is 0.595 bits per heavy atom. The molecule has 74 heavy (non-hydrogen) atoms. The molecule has 0 amide bonds. The largest absolute Gasteiger partial charge is 0.306 e. The van der Waals surface area contributed by atoms with Crippen molar-refractivity contribution in [3.63, 3.8) is 0 Å². The van der Waals surface area contributed by atoms with Gasteiger partial charge in [0.15, 0.2) is 11.6 Å². The number of para-hydroxylation sites is 3. The van der Waals surface area contributed by atoms with E-state index in [1.165, 1.54) is 0 Å². The molecule has 0 N–H and O–H groups in total. The lowest BCUT2D eigenvalue weighted by Gasteiger charge is -2.21. The van der Waals surface area contributed by atoms with E-state index in [0.717, 1.165) is 116 Å². The van der Waals surface area contributed by atoms with Gasteiger partial charge in [-0.1, -0.05) is 243 Å². The Hall–Kier alpha value is -9.97. The van der Waals surface area contributed by atoms with Crippen LogP contribution in [0, 0.1) is 0 Å². The third kappa shape index (κ3) is 7.37. The number of nitrogens with zero attached hydrogens (tertiary/aromatic N) is 5. The maximum Gasteiger partial charge on any atom is 0.238 e. The molecule has 5 nitrogen and oxygen atoms in total. The van der Waals surface area contributed by atoms with Crippen molar-refractivity contribution in [2.45, 2.75) is 0 Å².